The first-order valence-electron chi connectivity index (χ1n) is 10.2. The Labute approximate surface area is 176 Å². The van der Waals surface area contributed by atoms with Gasteiger partial charge in [-0.15, -0.1) is 0 Å². The lowest BCUT2D eigenvalue weighted by Gasteiger charge is -2.18. The minimum absolute atomic E-state index is 0.000837. The number of aryl methyl sites for hydroxylation is 2. The molecule has 4 aromatic rings. The Morgan fingerprint density at radius 2 is 1.30 bits per heavy atom. The van der Waals surface area contributed by atoms with Crippen LogP contribution in [0, 0.1) is 0 Å². The van der Waals surface area contributed by atoms with Crippen LogP contribution in [0.25, 0.3) is 0 Å². The Balaban J connectivity index is 1.65. The summed E-state index contributed by atoms with van der Waals surface area (Å²) in [4.78, 5) is 13.0. The van der Waals surface area contributed by atoms with Crippen molar-refractivity contribution in [3.05, 3.63) is 135 Å². The fraction of sp³-hybridized carbons (Fsp3) is 0.148. The van der Waals surface area contributed by atoms with Gasteiger partial charge in [0.15, 0.2) is 0 Å². The lowest BCUT2D eigenvalue weighted by atomic mass is 9.86. The number of rotatable bonds is 7. The molecule has 0 saturated heterocycles. The van der Waals surface area contributed by atoms with E-state index in [1.165, 1.54) is 0 Å². The van der Waals surface area contributed by atoms with Gasteiger partial charge in [-0.1, -0.05) is 91.0 Å². The van der Waals surface area contributed by atoms with Gasteiger partial charge in [-0.2, -0.15) is 0 Å². The topological polar surface area (TPSA) is 50.4 Å². The van der Waals surface area contributed by atoms with Gasteiger partial charge in [-0.3, -0.25) is 0 Å². The molecule has 0 aliphatic carbocycles. The van der Waals surface area contributed by atoms with Gasteiger partial charge < -0.3 is 9.52 Å². The molecule has 0 aliphatic heterocycles. The third-order valence-electron chi connectivity index (χ3n) is 5.35. The van der Waals surface area contributed by atoms with Crippen LogP contribution in [0.2, 0.25) is 0 Å². The van der Waals surface area contributed by atoms with E-state index in [2.05, 4.69) is 0 Å². The van der Waals surface area contributed by atoms with Crippen molar-refractivity contribution in [3.8, 4) is 5.75 Å². The maximum Gasteiger partial charge on any atom is 0.343 e. The molecule has 1 aromatic heterocycles. The van der Waals surface area contributed by atoms with E-state index >= 15 is 0 Å². The molecule has 1 unspecified atom stereocenters. The lowest BCUT2D eigenvalue weighted by Crippen LogP contribution is -2.17. The lowest BCUT2D eigenvalue weighted by molar-refractivity contribution is 0.407. The van der Waals surface area contributed by atoms with E-state index in [0.717, 1.165) is 23.1 Å². The summed E-state index contributed by atoms with van der Waals surface area (Å²) in [7, 11) is 0. The van der Waals surface area contributed by atoms with Crippen molar-refractivity contribution in [2.45, 2.75) is 25.2 Å². The molecule has 1 heterocycles. The minimum atomic E-state index is -0.470. The van der Waals surface area contributed by atoms with Crippen molar-refractivity contribution in [3.63, 3.8) is 0 Å². The molecule has 0 amide bonds. The van der Waals surface area contributed by atoms with Gasteiger partial charge in [-0.25, -0.2) is 4.79 Å². The first kappa shape index (κ1) is 19.7. The third-order valence-corrected chi connectivity index (χ3v) is 5.35. The summed E-state index contributed by atoms with van der Waals surface area (Å²) in [5.41, 5.74) is 3.07. The van der Waals surface area contributed by atoms with Crippen LogP contribution in [-0.4, -0.2) is 5.11 Å². The van der Waals surface area contributed by atoms with Gasteiger partial charge in [-0.05, 0) is 29.5 Å². The van der Waals surface area contributed by atoms with Gasteiger partial charge >= 0.3 is 5.63 Å². The summed E-state index contributed by atoms with van der Waals surface area (Å²) < 4.78 is 5.64. The van der Waals surface area contributed by atoms with E-state index in [1.807, 2.05) is 91.0 Å². The highest BCUT2D eigenvalue weighted by Crippen LogP contribution is 2.32. The predicted molar refractivity (Wildman–Crippen MR) is 119 cm³/mol. The van der Waals surface area contributed by atoms with Gasteiger partial charge in [0.25, 0.3) is 0 Å². The number of benzene rings is 3. The Morgan fingerprint density at radius 1 is 0.733 bits per heavy atom. The molecule has 4 rings (SSSR count). The van der Waals surface area contributed by atoms with Gasteiger partial charge in [0.1, 0.15) is 11.5 Å². The molecule has 3 aromatic carbocycles. The minimum Gasteiger partial charge on any atom is -0.507 e. The van der Waals surface area contributed by atoms with Gasteiger partial charge in [0, 0.05) is 18.4 Å². The zero-order valence-electron chi connectivity index (χ0n) is 16.7. The molecule has 1 atom stereocenters. The molecule has 0 fully saturated rings. The van der Waals surface area contributed by atoms with Crippen LogP contribution in [0.4, 0.5) is 0 Å². The maximum absolute atomic E-state index is 13.0. The van der Waals surface area contributed by atoms with Crippen LogP contribution in [0.3, 0.4) is 0 Å². The largest absolute Gasteiger partial charge is 0.507 e. The molecular formula is C27H24O3. The molecule has 0 spiro atoms. The van der Waals surface area contributed by atoms with Crippen molar-refractivity contribution < 1.29 is 9.52 Å². The smallest absolute Gasteiger partial charge is 0.343 e. The molecule has 0 saturated carbocycles. The monoisotopic (exact) mass is 396 g/mol. The molecule has 30 heavy (non-hydrogen) atoms. The molecule has 0 bridgehead atoms. The van der Waals surface area contributed by atoms with E-state index in [0.29, 0.717) is 24.2 Å². The van der Waals surface area contributed by atoms with Crippen LogP contribution in [0.15, 0.2) is 106 Å². The maximum atomic E-state index is 13.0. The number of aromatic hydroxyl groups is 1. The SMILES string of the molecule is O=c1oc(CCc2ccccc2)cc(O)c1C(Cc1ccccc1)c1ccccc1. The molecule has 0 radical (unpaired) electrons. The third kappa shape index (κ3) is 4.69. The number of hydrogen-bond donors (Lipinski definition) is 1. The number of hydrogen-bond acceptors (Lipinski definition) is 3. The molecule has 0 aliphatic rings. The summed E-state index contributed by atoms with van der Waals surface area (Å²) in [5.74, 6) is 0.212. The summed E-state index contributed by atoms with van der Waals surface area (Å²) in [5, 5.41) is 10.8. The Morgan fingerprint density at radius 3 is 1.90 bits per heavy atom. The van der Waals surface area contributed by atoms with Crippen LogP contribution in [-0.2, 0) is 19.3 Å². The molecule has 3 nitrogen and oxygen atoms in total. The average molecular weight is 396 g/mol. The standard InChI is InChI=1S/C27H24O3/c28-25-19-23(17-16-20-10-4-1-5-11-20)30-27(29)26(25)24(22-14-8-3-9-15-22)18-21-12-6-2-7-13-21/h1-15,19,24,28H,16-18H2. The molecular weight excluding hydrogens is 372 g/mol. The van der Waals surface area contributed by atoms with Crippen LogP contribution in [0.5, 0.6) is 5.75 Å². The predicted octanol–water partition coefficient (Wildman–Crippen LogP) is 5.51. The highest BCUT2D eigenvalue weighted by Gasteiger charge is 2.23. The zero-order valence-corrected chi connectivity index (χ0v) is 16.7. The van der Waals surface area contributed by atoms with Crippen LogP contribution >= 0.6 is 0 Å². The normalized spacial score (nSPS) is 11.9. The molecule has 150 valence electrons. The Bertz CT molecular complexity index is 1130. The highest BCUT2D eigenvalue weighted by molar-refractivity contribution is 5.41. The summed E-state index contributed by atoms with van der Waals surface area (Å²) in [6.45, 7) is 0. The fourth-order valence-electron chi connectivity index (χ4n) is 3.82. The van der Waals surface area contributed by atoms with E-state index in [-0.39, 0.29) is 11.7 Å². The first-order valence-corrected chi connectivity index (χ1v) is 10.2. The zero-order chi connectivity index (χ0) is 20.8. The Kier molecular flexibility index (Phi) is 6.09. The molecule has 1 N–H and O–H groups in total. The summed E-state index contributed by atoms with van der Waals surface area (Å²) >= 11 is 0. The van der Waals surface area contributed by atoms with Crippen molar-refractivity contribution in [1.82, 2.24) is 0 Å². The highest BCUT2D eigenvalue weighted by atomic mass is 16.4. The van der Waals surface area contributed by atoms with E-state index in [9.17, 15) is 9.90 Å². The fourth-order valence-corrected chi connectivity index (χ4v) is 3.82. The second kappa shape index (κ2) is 9.27. The van der Waals surface area contributed by atoms with Crippen molar-refractivity contribution >= 4 is 0 Å². The van der Waals surface area contributed by atoms with E-state index < -0.39 is 5.63 Å². The second-order valence-electron chi connectivity index (χ2n) is 7.44. The van der Waals surface area contributed by atoms with Gasteiger partial charge in [0.05, 0.1) is 5.56 Å². The van der Waals surface area contributed by atoms with Crippen molar-refractivity contribution in [2.24, 2.45) is 0 Å². The average Bonchev–Trinajstić information content (AvgIpc) is 2.78. The van der Waals surface area contributed by atoms with Crippen molar-refractivity contribution in [1.29, 1.82) is 0 Å². The molecule has 3 heteroatoms. The van der Waals surface area contributed by atoms with E-state index in [1.54, 1.807) is 6.07 Å². The second-order valence-corrected chi connectivity index (χ2v) is 7.44. The van der Waals surface area contributed by atoms with E-state index in [4.69, 9.17) is 4.42 Å². The van der Waals surface area contributed by atoms with Crippen LogP contribution in [0.1, 0.15) is 33.9 Å². The van der Waals surface area contributed by atoms with Crippen LogP contribution < -0.4 is 5.63 Å². The Hall–Kier alpha value is -3.59. The summed E-state index contributed by atoms with van der Waals surface area (Å²) in [6, 6.07) is 31.4. The first-order chi connectivity index (χ1) is 14.7. The van der Waals surface area contributed by atoms with Crippen molar-refractivity contribution in [2.75, 3.05) is 0 Å². The van der Waals surface area contributed by atoms with Gasteiger partial charge in [0.2, 0.25) is 0 Å². The quantitative estimate of drug-likeness (QED) is 0.448. The summed E-state index contributed by atoms with van der Waals surface area (Å²) in [6.07, 6.45) is 1.91.